The smallest absolute Gasteiger partial charge is 0.255 e. The number of carbonyl (C=O) groups excluding carboxylic acids is 1. The van der Waals surface area contributed by atoms with Crippen LogP contribution in [0.25, 0.3) is 0 Å². The Bertz CT molecular complexity index is 610. The molecule has 19 heavy (non-hydrogen) atoms. The van der Waals surface area contributed by atoms with Crippen molar-refractivity contribution in [2.75, 3.05) is 7.05 Å². The van der Waals surface area contributed by atoms with E-state index in [9.17, 15) is 4.79 Å². The lowest BCUT2D eigenvalue weighted by Gasteiger charge is -2.18. The predicted molar refractivity (Wildman–Crippen MR) is 75.5 cm³/mol. The Hall–Kier alpha value is -1.52. The minimum absolute atomic E-state index is 0.150. The van der Waals surface area contributed by atoms with Gasteiger partial charge in [-0.1, -0.05) is 23.2 Å². The number of hydrogen-bond acceptors (Lipinski definition) is 2. The number of amides is 1. The molecule has 0 aliphatic rings. The van der Waals surface area contributed by atoms with Gasteiger partial charge in [0.15, 0.2) is 0 Å². The molecule has 0 aliphatic carbocycles. The lowest BCUT2D eigenvalue weighted by Crippen LogP contribution is -2.27. The Morgan fingerprint density at radius 1 is 1.37 bits per heavy atom. The third-order valence-corrected chi connectivity index (χ3v) is 3.38. The molecule has 0 radical (unpaired) electrons. The second kappa shape index (κ2) is 5.63. The van der Waals surface area contributed by atoms with Gasteiger partial charge in [0.1, 0.15) is 0 Å². The molecule has 1 heterocycles. The minimum atomic E-state index is -0.150. The van der Waals surface area contributed by atoms with E-state index >= 15 is 0 Å². The molecule has 0 bridgehead atoms. The molecule has 0 saturated carbocycles. The molecular weight excluding hydrogens is 285 g/mol. The number of rotatable bonds is 3. The Kier molecular flexibility index (Phi) is 4.12. The van der Waals surface area contributed by atoms with Gasteiger partial charge in [-0.2, -0.15) is 5.10 Å². The maximum atomic E-state index is 12.3. The van der Waals surface area contributed by atoms with Crippen molar-refractivity contribution < 1.29 is 4.79 Å². The van der Waals surface area contributed by atoms with E-state index in [1.54, 1.807) is 41.0 Å². The van der Waals surface area contributed by atoms with Gasteiger partial charge in [-0.05, 0) is 24.3 Å². The molecule has 1 aromatic carbocycles. The first-order valence-corrected chi connectivity index (χ1v) is 6.42. The summed E-state index contributed by atoms with van der Waals surface area (Å²) >= 11 is 11.8. The maximum Gasteiger partial charge on any atom is 0.255 e. The summed E-state index contributed by atoms with van der Waals surface area (Å²) in [5.74, 6) is -0.150. The van der Waals surface area contributed by atoms with Crippen molar-refractivity contribution in [1.82, 2.24) is 14.7 Å². The van der Waals surface area contributed by atoms with Crippen molar-refractivity contribution in [3.05, 3.63) is 51.8 Å². The highest BCUT2D eigenvalue weighted by Gasteiger charge is 2.16. The summed E-state index contributed by atoms with van der Waals surface area (Å²) in [5, 5.41) is 4.93. The minimum Gasteiger partial charge on any atom is -0.336 e. The lowest BCUT2D eigenvalue weighted by atomic mass is 10.2. The molecule has 0 aliphatic heterocycles. The summed E-state index contributed by atoms with van der Waals surface area (Å²) in [4.78, 5) is 13.9. The summed E-state index contributed by atoms with van der Waals surface area (Å²) in [6.07, 6.45) is 1.70. The van der Waals surface area contributed by atoms with Gasteiger partial charge in [0.2, 0.25) is 0 Å². The summed E-state index contributed by atoms with van der Waals surface area (Å²) in [5.41, 5.74) is 1.39. The summed E-state index contributed by atoms with van der Waals surface area (Å²) in [6.45, 7) is 0.467. The van der Waals surface area contributed by atoms with E-state index in [1.807, 2.05) is 13.1 Å². The quantitative estimate of drug-likeness (QED) is 0.873. The summed E-state index contributed by atoms with van der Waals surface area (Å²) in [7, 11) is 3.56. The van der Waals surface area contributed by atoms with Crippen LogP contribution >= 0.6 is 23.2 Å². The second-order valence-corrected chi connectivity index (χ2v) is 5.08. The van der Waals surface area contributed by atoms with E-state index < -0.39 is 0 Å². The molecule has 1 amide bonds. The van der Waals surface area contributed by atoms with Crippen molar-refractivity contribution in [3.63, 3.8) is 0 Å². The van der Waals surface area contributed by atoms with Crippen LogP contribution < -0.4 is 0 Å². The van der Waals surface area contributed by atoms with Crippen LogP contribution in [0.1, 0.15) is 16.1 Å². The molecule has 0 spiro atoms. The summed E-state index contributed by atoms with van der Waals surface area (Å²) < 4.78 is 1.73. The molecule has 4 nitrogen and oxygen atoms in total. The Morgan fingerprint density at radius 3 is 2.68 bits per heavy atom. The molecule has 0 N–H and O–H groups in total. The molecule has 6 heteroatoms. The largest absolute Gasteiger partial charge is 0.336 e. The third kappa shape index (κ3) is 3.08. The Labute approximate surface area is 121 Å². The van der Waals surface area contributed by atoms with Gasteiger partial charge in [-0.15, -0.1) is 0 Å². The standard InChI is InChI=1S/C13H13Cl2N3O/c1-17(8-10-5-6-16-18(10)2)13(19)11-4-3-9(14)7-12(11)15/h3-7H,8H2,1-2H3. The van der Waals surface area contributed by atoms with E-state index in [4.69, 9.17) is 23.2 Å². The van der Waals surface area contributed by atoms with Gasteiger partial charge < -0.3 is 4.90 Å². The van der Waals surface area contributed by atoms with E-state index in [1.165, 1.54) is 0 Å². The molecule has 1 aromatic heterocycles. The highest BCUT2D eigenvalue weighted by Crippen LogP contribution is 2.22. The molecule has 100 valence electrons. The van der Waals surface area contributed by atoms with E-state index in [-0.39, 0.29) is 5.91 Å². The number of aromatic nitrogens is 2. The molecule has 0 fully saturated rings. The SMILES string of the molecule is CN(Cc1ccnn1C)C(=O)c1ccc(Cl)cc1Cl. The molecule has 0 saturated heterocycles. The maximum absolute atomic E-state index is 12.3. The van der Waals surface area contributed by atoms with Gasteiger partial charge in [-0.25, -0.2) is 0 Å². The van der Waals surface area contributed by atoms with Crippen LogP contribution in [0.5, 0.6) is 0 Å². The van der Waals surface area contributed by atoms with Crippen LogP contribution in [-0.2, 0) is 13.6 Å². The third-order valence-electron chi connectivity index (χ3n) is 2.83. The number of benzene rings is 1. The first kappa shape index (κ1) is 13.9. The first-order valence-electron chi connectivity index (χ1n) is 5.66. The highest BCUT2D eigenvalue weighted by atomic mass is 35.5. The number of hydrogen-bond donors (Lipinski definition) is 0. The van der Waals surface area contributed by atoms with E-state index in [0.717, 1.165) is 5.69 Å². The van der Waals surface area contributed by atoms with Crippen molar-refractivity contribution in [2.24, 2.45) is 7.05 Å². The summed E-state index contributed by atoms with van der Waals surface area (Å²) in [6, 6.07) is 6.72. The van der Waals surface area contributed by atoms with E-state index in [2.05, 4.69) is 5.10 Å². The topological polar surface area (TPSA) is 38.1 Å². The molecule has 0 atom stereocenters. The van der Waals surface area contributed by atoms with Gasteiger partial charge in [0.05, 0.1) is 22.8 Å². The fraction of sp³-hybridized carbons (Fsp3) is 0.231. The molecule has 0 unspecified atom stereocenters. The number of nitrogens with zero attached hydrogens (tertiary/aromatic N) is 3. The monoisotopic (exact) mass is 297 g/mol. The number of aryl methyl sites for hydroxylation is 1. The average molecular weight is 298 g/mol. The molecule has 2 aromatic rings. The zero-order valence-electron chi connectivity index (χ0n) is 10.6. The van der Waals surface area contributed by atoms with Crippen LogP contribution in [0.4, 0.5) is 0 Å². The molecule has 2 rings (SSSR count). The number of halogens is 2. The van der Waals surface area contributed by atoms with Crippen molar-refractivity contribution in [1.29, 1.82) is 0 Å². The average Bonchev–Trinajstić information content (AvgIpc) is 2.74. The fourth-order valence-electron chi connectivity index (χ4n) is 1.74. The van der Waals surface area contributed by atoms with Crippen molar-refractivity contribution >= 4 is 29.1 Å². The zero-order chi connectivity index (χ0) is 14.0. The van der Waals surface area contributed by atoms with Crippen LogP contribution in [-0.4, -0.2) is 27.6 Å². The van der Waals surface area contributed by atoms with Gasteiger partial charge in [0.25, 0.3) is 5.91 Å². The van der Waals surface area contributed by atoms with E-state index in [0.29, 0.717) is 22.2 Å². The predicted octanol–water partition coefficient (Wildman–Crippen LogP) is 3.00. The normalized spacial score (nSPS) is 10.5. The van der Waals surface area contributed by atoms with Crippen molar-refractivity contribution in [2.45, 2.75) is 6.54 Å². The van der Waals surface area contributed by atoms with Crippen LogP contribution in [0.15, 0.2) is 30.5 Å². The Balaban J connectivity index is 2.17. The van der Waals surface area contributed by atoms with Gasteiger partial charge in [0, 0.05) is 25.3 Å². The van der Waals surface area contributed by atoms with Crippen molar-refractivity contribution in [3.8, 4) is 0 Å². The second-order valence-electron chi connectivity index (χ2n) is 4.23. The fourth-order valence-corrected chi connectivity index (χ4v) is 2.23. The van der Waals surface area contributed by atoms with Gasteiger partial charge in [-0.3, -0.25) is 9.48 Å². The highest BCUT2D eigenvalue weighted by molar-refractivity contribution is 6.36. The zero-order valence-corrected chi connectivity index (χ0v) is 12.1. The van der Waals surface area contributed by atoms with Crippen LogP contribution in [0, 0.1) is 0 Å². The first-order chi connectivity index (χ1) is 8.99. The molecular formula is C13H13Cl2N3O. The number of carbonyl (C=O) groups is 1. The van der Waals surface area contributed by atoms with Gasteiger partial charge >= 0.3 is 0 Å². The van der Waals surface area contributed by atoms with Crippen LogP contribution in [0.3, 0.4) is 0 Å². The Morgan fingerprint density at radius 2 is 2.11 bits per heavy atom. The van der Waals surface area contributed by atoms with Crippen LogP contribution in [0.2, 0.25) is 10.0 Å². The lowest BCUT2D eigenvalue weighted by molar-refractivity contribution is 0.0782.